The molecule has 0 spiro atoms. The fraction of sp³-hybridized carbons (Fsp3) is 0.529. The van der Waals surface area contributed by atoms with Gasteiger partial charge in [0, 0.05) is 25.2 Å². The standard InChI is InChI=1S/C17H25N3O2/c1-13-7-4-5-8-15(13)20-12-14(11-16(20)21)17(22)18-9-6-10-19(2)3/h4-5,7-8,14H,6,9-12H2,1-3H3,(H,18,22). The van der Waals surface area contributed by atoms with Crippen molar-refractivity contribution in [2.75, 3.05) is 38.6 Å². The number of benzene rings is 1. The smallest absolute Gasteiger partial charge is 0.227 e. The minimum atomic E-state index is -0.244. The van der Waals surface area contributed by atoms with Crippen molar-refractivity contribution >= 4 is 17.5 Å². The molecule has 1 fully saturated rings. The van der Waals surface area contributed by atoms with E-state index in [0.29, 0.717) is 19.5 Å². The first-order valence-corrected chi connectivity index (χ1v) is 7.77. The van der Waals surface area contributed by atoms with Crippen LogP contribution < -0.4 is 10.2 Å². The van der Waals surface area contributed by atoms with Gasteiger partial charge in [-0.1, -0.05) is 18.2 Å². The zero-order chi connectivity index (χ0) is 16.1. The van der Waals surface area contributed by atoms with Crippen LogP contribution in [0.3, 0.4) is 0 Å². The number of hydrogen-bond donors (Lipinski definition) is 1. The molecule has 0 bridgehead atoms. The maximum absolute atomic E-state index is 12.2. The summed E-state index contributed by atoms with van der Waals surface area (Å²) in [7, 11) is 4.02. The van der Waals surface area contributed by atoms with Gasteiger partial charge in [0.05, 0.1) is 5.92 Å². The number of rotatable bonds is 6. The molecule has 1 aromatic carbocycles. The second-order valence-electron chi connectivity index (χ2n) is 6.14. The predicted molar refractivity (Wildman–Crippen MR) is 87.8 cm³/mol. The van der Waals surface area contributed by atoms with Gasteiger partial charge in [0.25, 0.3) is 0 Å². The molecule has 5 heteroatoms. The molecule has 0 aliphatic carbocycles. The van der Waals surface area contributed by atoms with E-state index in [-0.39, 0.29) is 17.7 Å². The minimum Gasteiger partial charge on any atom is -0.356 e. The van der Waals surface area contributed by atoms with Gasteiger partial charge in [0.15, 0.2) is 0 Å². The lowest BCUT2D eigenvalue weighted by atomic mass is 10.1. The number of anilines is 1. The zero-order valence-electron chi connectivity index (χ0n) is 13.6. The van der Waals surface area contributed by atoms with Crippen LogP contribution in [0.1, 0.15) is 18.4 Å². The topological polar surface area (TPSA) is 52.7 Å². The number of carbonyl (C=O) groups excluding carboxylic acids is 2. The highest BCUT2D eigenvalue weighted by atomic mass is 16.2. The summed E-state index contributed by atoms with van der Waals surface area (Å²) in [5.41, 5.74) is 1.97. The van der Waals surface area contributed by atoms with E-state index in [1.165, 1.54) is 0 Å². The molecule has 0 radical (unpaired) electrons. The Morgan fingerprint density at radius 3 is 2.77 bits per heavy atom. The first-order valence-electron chi connectivity index (χ1n) is 7.77. The van der Waals surface area contributed by atoms with Crippen LogP contribution in [0.15, 0.2) is 24.3 Å². The molecular formula is C17H25N3O2. The van der Waals surface area contributed by atoms with Gasteiger partial charge in [0.1, 0.15) is 0 Å². The zero-order valence-corrected chi connectivity index (χ0v) is 13.6. The number of carbonyl (C=O) groups is 2. The van der Waals surface area contributed by atoms with E-state index in [9.17, 15) is 9.59 Å². The SMILES string of the molecule is Cc1ccccc1N1CC(C(=O)NCCCN(C)C)CC1=O. The Morgan fingerprint density at radius 2 is 2.09 bits per heavy atom. The third kappa shape index (κ3) is 4.07. The second-order valence-corrected chi connectivity index (χ2v) is 6.14. The summed E-state index contributed by atoms with van der Waals surface area (Å²) in [6, 6.07) is 7.79. The van der Waals surface area contributed by atoms with Crippen molar-refractivity contribution in [1.82, 2.24) is 10.2 Å². The highest BCUT2D eigenvalue weighted by Gasteiger charge is 2.35. The molecule has 1 atom stereocenters. The molecule has 1 aromatic rings. The minimum absolute atomic E-state index is 0.0109. The average molecular weight is 303 g/mol. The largest absolute Gasteiger partial charge is 0.356 e. The molecule has 2 amide bonds. The lowest BCUT2D eigenvalue weighted by Crippen LogP contribution is -2.34. The summed E-state index contributed by atoms with van der Waals surface area (Å²) in [6.07, 6.45) is 1.22. The van der Waals surface area contributed by atoms with Gasteiger partial charge < -0.3 is 15.1 Å². The Kier molecular flexibility index (Phi) is 5.55. The van der Waals surface area contributed by atoms with Crippen LogP contribution in [0.5, 0.6) is 0 Å². The molecule has 2 rings (SSSR count). The van der Waals surface area contributed by atoms with E-state index >= 15 is 0 Å². The number of nitrogens with one attached hydrogen (secondary N) is 1. The normalized spacial score (nSPS) is 18.1. The van der Waals surface area contributed by atoms with Crippen LogP contribution in [-0.2, 0) is 9.59 Å². The van der Waals surface area contributed by atoms with E-state index < -0.39 is 0 Å². The Balaban J connectivity index is 1.89. The van der Waals surface area contributed by atoms with Crippen molar-refractivity contribution in [2.45, 2.75) is 19.8 Å². The van der Waals surface area contributed by atoms with Crippen molar-refractivity contribution in [1.29, 1.82) is 0 Å². The lowest BCUT2D eigenvalue weighted by Gasteiger charge is -2.19. The van der Waals surface area contributed by atoms with E-state index in [0.717, 1.165) is 24.2 Å². The molecule has 0 aromatic heterocycles. The second kappa shape index (κ2) is 7.40. The Labute approximate surface area is 132 Å². The number of para-hydroxylation sites is 1. The van der Waals surface area contributed by atoms with Gasteiger partial charge in [-0.15, -0.1) is 0 Å². The highest BCUT2D eigenvalue weighted by Crippen LogP contribution is 2.27. The summed E-state index contributed by atoms with van der Waals surface area (Å²) in [6.45, 7) is 4.06. The highest BCUT2D eigenvalue weighted by molar-refractivity contribution is 6.00. The molecule has 1 heterocycles. The maximum atomic E-state index is 12.2. The third-order valence-corrected chi connectivity index (χ3v) is 3.98. The fourth-order valence-corrected chi connectivity index (χ4v) is 2.73. The van der Waals surface area contributed by atoms with Gasteiger partial charge >= 0.3 is 0 Å². The number of hydrogen-bond acceptors (Lipinski definition) is 3. The maximum Gasteiger partial charge on any atom is 0.227 e. The van der Waals surface area contributed by atoms with E-state index in [1.54, 1.807) is 4.90 Å². The average Bonchev–Trinajstić information content (AvgIpc) is 2.86. The summed E-state index contributed by atoms with van der Waals surface area (Å²) >= 11 is 0. The van der Waals surface area contributed by atoms with Crippen molar-refractivity contribution in [3.05, 3.63) is 29.8 Å². The molecule has 0 saturated carbocycles. The number of nitrogens with zero attached hydrogens (tertiary/aromatic N) is 2. The Morgan fingerprint density at radius 1 is 1.36 bits per heavy atom. The molecule has 5 nitrogen and oxygen atoms in total. The first kappa shape index (κ1) is 16.5. The van der Waals surface area contributed by atoms with Crippen molar-refractivity contribution < 1.29 is 9.59 Å². The van der Waals surface area contributed by atoms with E-state index in [1.807, 2.05) is 45.3 Å². The molecule has 1 aliphatic heterocycles. The van der Waals surface area contributed by atoms with Gasteiger partial charge in [-0.2, -0.15) is 0 Å². The van der Waals surface area contributed by atoms with E-state index in [2.05, 4.69) is 10.2 Å². The van der Waals surface area contributed by atoms with Crippen LogP contribution in [-0.4, -0.2) is 50.4 Å². The fourth-order valence-electron chi connectivity index (χ4n) is 2.73. The van der Waals surface area contributed by atoms with Crippen LogP contribution >= 0.6 is 0 Å². The molecular weight excluding hydrogens is 278 g/mol. The number of aryl methyl sites for hydroxylation is 1. The van der Waals surface area contributed by atoms with Crippen molar-refractivity contribution in [3.8, 4) is 0 Å². The first-order chi connectivity index (χ1) is 10.5. The van der Waals surface area contributed by atoms with Gasteiger partial charge in [-0.05, 0) is 45.6 Å². The van der Waals surface area contributed by atoms with Crippen LogP contribution in [0.2, 0.25) is 0 Å². The summed E-state index contributed by atoms with van der Waals surface area (Å²) in [5.74, 6) is -0.225. The Hall–Kier alpha value is -1.88. The summed E-state index contributed by atoms with van der Waals surface area (Å²) < 4.78 is 0. The van der Waals surface area contributed by atoms with Crippen LogP contribution in [0, 0.1) is 12.8 Å². The Bertz CT molecular complexity index is 542. The van der Waals surface area contributed by atoms with Gasteiger partial charge in [-0.25, -0.2) is 0 Å². The summed E-state index contributed by atoms with van der Waals surface area (Å²) in [4.78, 5) is 28.2. The van der Waals surface area contributed by atoms with Crippen molar-refractivity contribution in [2.24, 2.45) is 5.92 Å². The molecule has 1 aliphatic rings. The molecule has 1 unspecified atom stereocenters. The lowest BCUT2D eigenvalue weighted by molar-refractivity contribution is -0.126. The molecule has 1 saturated heterocycles. The van der Waals surface area contributed by atoms with E-state index in [4.69, 9.17) is 0 Å². The number of amides is 2. The monoisotopic (exact) mass is 303 g/mol. The van der Waals surface area contributed by atoms with Crippen molar-refractivity contribution in [3.63, 3.8) is 0 Å². The quantitative estimate of drug-likeness (QED) is 0.809. The van der Waals surface area contributed by atoms with Gasteiger partial charge in [-0.3, -0.25) is 9.59 Å². The van der Waals surface area contributed by atoms with Crippen LogP contribution in [0.25, 0.3) is 0 Å². The molecule has 1 N–H and O–H groups in total. The predicted octanol–water partition coefficient (Wildman–Crippen LogP) is 1.42. The van der Waals surface area contributed by atoms with Crippen LogP contribution in [0.4, 0.5) is 5.69 Å². The molecule has 22 heavy (non-hydrogen) atoms. The summed E-state index contributed by atoms with van der Waals surface area (Å²) in [5, 5.41) is 2.94. The molecule has 120 valence electrons. The third-order valence-electron chi connectivity index (χ3n) is 3.98. The van der Waals surface area contributed by atoms with Gasteiger partial charge in [0.2, 0.25) is 11.8 Å².